The summed E-state index contributed by atoms with van der Waals surface area (Å²) in [6.45, 7) is 4.92. The highest BCUT2D eigenvalue weighted by atomic mass is 16.5. The molecule has 0 radical (unpaired) electrons. The molecule has 0 saturated heterocycles. The second-order valence-electron chi connectivity index (χ2n) is 4.56. The maximum Gasteiger partial charge on any atom is 0.310 e. The zero-order valence-electron chi connectivity index (χ0n) is 11.5. The van der Waals surface area contributed by atoms with E-state index in [-0.39, 0.29) is 12.5 Å². The molecule has 104 valence electrons. The van der Waals surface area contributed by atoms with Crippen LogP contribution in [0.2, 0.25) is 0 Å². The number of carbonyl (C=O) groups is 3. The number of carboxylic acid groups (broad SMARTS) is 1. The second-order valence-corrected chi connectivity index (χ2v) is 4.56. The molecular formula is C12H21NO5. The number of nitrogens with zero attached hydrogens (tertiary/aromatic N) is 1. The Kier molecular flexibility index (Phi) is 6.36. The molecule has 0 fully saturated rings. The number of carbonyl (C=O) groups excluding carboxylic acids is 2. The third kappa shape index (κ3) is 4.35. The number of aliphatic carboxylic acids is 1. The Hall–Kier alpha value is -1.59. The molecule has 0 aliphatic heterocycles. The number of hydrogen-bond acceptors (Lipinski definition) is 4. The Morgan fingerprint density at radius 3 is 2.06 bits per heavy atom. The number of methoxy groups -OCH3 is 1. The molecule has 0 saturated carbocycles. The topological polar surface area (TPSA) is 83.9 Å². The van der Waals surface area contributed by atoms with Crippen molar-refractivity contribution in [2.24, 2.45) is 17.8 Å². The van der Waals surface area contributed by atoms with E-state index in [1.807, 2.05) is 0 Å². The maximum atomic E-state index is 11.9. The van der Waals surface area contributed by atoms with Crippen molar-refractivity contribution in [1.29, 1.82) is 0 Å². The van der Waals surface area contributed by atoms with Crippen LogP contribution in [0.5, 0.6) is 0 Å². The molecule has 0 bridgehead atoms. The normalized spacial score (nSPS) is 15.4. The Morgan fingerprint density at radius 1 is 1.17 bits per heavy atom. The highest BCUT2D eigenvalue weighted by Crippen LogP contribution is 2.15. The number of esters is 1. The minimum Gasteiger partial charge on any atom is -0.481 e. The molecule has 6 heteroatoms. The fourth-order valence-electron chi connectivity index (χ4n) is 1.55. The average molecular weight is 259 g/mol. The van der Waals surface area contributed by atoms with Crippen molar-refractivity contribution in [2.45, 2.75) is 20.8 Å². The number of carboxylic acids is 1. The van der Waals surface area contributed by atoms with Gasteiger partial charge in [-0.05, 0) is 0 Å². The van der Waals surface area contributed by atoms with Gasteiger partial charge in [0.15, 0.2) is 0 Å². The first-order valence-electron chi connectivity index (χ1n) is 5.78. The molecule has 0 spiro atoms. The van der Waals surface area contributed by atoms with E-state index >= 15 is 0 Å². The van der Waals surface area contributed by atoms with Crippen molar-refractivity contribution in [2.75, 3.05) is 20.7 Å². The van der Waals surface area contributed by atoms with Gasteiger partial charge in [0.1, 0.15) is 0 Å². The summed E-state index contributed by atoms with van der Waals surface area (Å²) in [5.74, 6) is -3.51. The zero-order valence-corrected chi connectivity index (χ0v) is 11.5. The molecule has 0 aromatic carbocycles. The van der Waals surface area contributed by atoms with Gasteiger partial charge in [-0.15, -0.1) is 0 Å². The van der Waals surface area contributed by atoms with Crippen LogP contribution >= 0.6 is 0 Å². The predicted octanol–water partition coefficient (Wildman–Crippen LogP) is 0.611. The molecule has 0 aromatic heterocycles. The molecule has 3 atom stereocenters. The first-order valence-corrected chi connectivity index (χ1v) is 5.78. The van der Waals surface area contributed by atoms with Gasteiger partial charge >= 0.3 is 11.9 Å². The molecule has 0 aliphatic carbocycles. The van der Waals surface area contributed by atoms with Gasteiger partial charge in [0.05, 0.1) is 18.9 Å². The molecule has 0 rings (SSSR count). The largest absolute Gasteiger partial charge is 0.481 e. The summed E-state index contributed by atoms with van der Waals surface area (Å²) in [7, 11) is 2.84. The fraction of sp³-hybridized carbons (Fsp3) is 0.750. The van der Waals surface area contributed by atoms with E-state index in [2.05, 4.69) is 4.74 Å². The predicted molar refractivity (Wildman–Crippen MR) is 64.8 cm³/mol. The highest BCUT2D eigenvalue weighted by molar-refractivity contribution is 5.84. The van der Waals surface area contributed by atoms with Crippen molar-refractivity contribution < 1.29 is 24.2 Å². The molecule has 3 unspecified atom stereocenters. The molecule has 1 N–H and O–H groups in total. The van der Waals surface area contributed by atoms with Crippen molar-refractivity contribution in [3.63, 3.8) is 0 Å². The second kappa shape index (κ2) is 6.98. The minimum absolute atomic E-state index is 0.211. The van der Waals surface area contributed by atoms with E-state index in [9.17, 15) is 14.4 Å². The minimum atomic E-state index is -1.01. The summed E-state index contributed by atoms with van der Waals surface area (Å²) in [5, 5.41) is 8.85. The first kappa shape index (κ1) is 16.4. The Bertz CT molecular complexity index is 328. The van der Waals surface area contributed by atoms with Crippen LogP contribution in [0.4, 0.5) is 0 Å². The summed E-state index contributed by atoms with van der Waals surface area (Å²) >= 11 is 0. The van der Waals surface area contributed by atoms with E-state index in [4.69, 9.17) is 5.11 Å². The highest BCUT2D eigenvalue weighted by Gasteiger charge is 2.29. The van der Waals surface area contributed by atoms with Crippen molar-refractivity contribution in [3.8, 4) is 0 Å². The van der Waals surface area contributed by atoms with Crippen LogP contribution in [0, 0.1) is 17.8 Å². The lowest BCUT2D eigenvalue weighted by Gasteiger charge is -2.25. The third-order valence-corrected chi connectivity index (χ3v) is 3.06. The monoisotopic (exact) mass is 259 g/mol. The number of amides is 1. The van der Waals surface area contributed by atoms with E-state index in [0.717, 1.165) is 0 Å². The Labute approximate surface area is 107 Å². The SMILES string of the molecule is COC(=O)C(C)CN(C)C(=O)C(C)C(C)C(=O)O. The van der Waals surface area contributed by atoms with Crippen molar-refractivity contribution in [1.82, 2.24) is 4.90 Å². The summed E-state index contributed by atoms with van der Waals surface area (Å²) in [6.07, 6.45) is 0. The van der Waals surface area contributed by atoms with Gasteiger partial charge in [-0.3, -0.25) is 14.4 Å². The maximum absolute atomic E-state index is 11.9. The van der Waals surface area contributed by atoms with E-state index in [1.54, 1.807) is 20.9 Å². The Balaban J connectivity index is 4.51. The standard InChI is InChI=1S/C12H21NO5/c1-7(12(17)18-5)6-13(4)10(14)8(2)9(3)11(15)16/h7-9H,6H2,1-5H3,(H,15,16). The van der Waals surface area contributed by atoms with Gasteiger partial charge in [-0.1, -0.05) is 20.8 Å². The summed E-state index contributed by atoms with van der Waals surface area (Å²) < 4.78 is 4.57. The molecule has 0 aliphatic rings. The number of ether oxygens (including phenoxy) is 1. The third-order valence-electron chi connectivity index (χ3n) is 3.06. The number of hydrogen-bond donors (Lipinski definition) is 1. The van der Waals surface area contributed by atoms with Crippen LogP contribution in [-0.4, -0.2) is 48.6 Å². The van der Waals surface area contributed by atoms with Gasteiger partial charge in [0, 0.05) is 19.5 Å². The van der Waals surface area contributed by atoms with Gasteiger partial charge < -0.3 is 14.7 Å². The van der Waals surface area contributed by atoms with Gasteiger partial charge in [-0.2, -0.15) is 0 Å². The van der Waals surface area contributed by atoms with Crippen molar-refractivity contribution >= 4 is 17.8 Å². The van der Waals surface area contributed by atoms with Gasteiger partial charge in [-0.25, -0.2) is 0 Å². The smallest absolute Gasteiger partial charge is 0.310 e. The fourth-order valence-corrected chi connectivity index (χ4v) is 1.55. The molecule has 1 amide bonds. The summed E-state index contributed by atoms with van der Waals surface area (Å²) in [6, 6.07) is 0. The lowest BCUT2D eigenvalue weighted by molar-refractivity contribution is -0.150. The summed E-state index contributed by atoms with van der Waals surface area (Å²) in [4.78, 5) is 35.3. The van der Waals surface area contributed by atoms with Crippen LogP contribution < -0.4 is 0 Å². The quantitative estimate of drug-likeness (QED) is 0.706. The molecule has 0 heterocycles. The lowest BCUT2D eigenvalue weighted by Crippen LogP contribution is -2.40. The summed E-state index contributed by atoms with van der Waals surface area (Å²) in [5.41, 5.74) is 0. The molecule has 6 nitrogen and oxygen atoms in total. The van der Waals surface area contributed by atoms with E-state index in [0.29, 0.717) is 0 Å². The molecule has 18 heavy (non-hydrogen) atoms. The van der Waals surface area contributed by atoms with Gasteiger partial charge in [0.2, 0.25) is 5.91 Å². The average Bonchev–Trinajstić information content (AvgIpc) is 2.34. The van der Waals surface area contributed by atoms with Crippen LogP contribution in [-0.2, 0) is 19.1 Å². The first-order chi connectivity index (χ1) is 8.22. The van der Waals surface area contributed by atoms with Crippen LogP contribution in [0.1, 0.15) is 20.8 Å². The van der Waals surface area contributed by atoms with Crippen LogP contribution in [0.3, 0.4) is 0 Å². The Morgan fingerprint density at radius 2 is 1.67 bits per heavy atom. The lowest BCUT2D eigenvalue weighted by atomic mass is 9.94. The number of rotatable bonds is 6. The van der Waals surface area contributed by atoms with Crippen molar-refractivity contribution in [3.05, 3.63) is 0 Å². The van der Waals surface area contributed by atoms with E-state index < -0.39 is 29.7 Å². The molecule has 0 aromatic rings. The van der Waals surface area contributed by atoms with Crippen LogP contribution in [0.25, 0.3) is 0 Å². The van der Waals surface area contributed by atoms with E-state index in [1.165, 1.54) is 18.9 Å². The molecular weight excluding hydrogens is 238 g/mol. The zero-order chi connectivity index (χ0) is 14.5. The van der Waals surface area contributed by atoms with Crippen LogP contribution in [0.15, 0.2) is 0 Å². The van der Waals surface area contributed by atoms with Gasteiger partial charge in [0.25, 0.3) is 0 Å².